The van der Waals surface area contributed by atoms with Gasteiger partial charge in [0.1, 0.15) is 5.75 Å². The lowest BCUT2D eigenvalue weighted by molar-refractivity contribution is -0.116. The molecular formula is C19H21NO2S. The predicted molar refractivity (Wildman–Crippen MR) is 95.6 cm³/mol. The van der Waals surface area contributed by atoms with Crippen molar-refractivity contribution in [3.63, 3.8) is 0 Å². The van der Waals surface area contributed by atoms with Gasteiger partial charge in [-0.1, -0.05) is 17.7 Å². The summed E-state index contributed by atoms with van der Waals surface area (Å²) in [6.07, 6.45) is 2.10. The molecule has 3 nitrogen and oxygen atoms in total. The maximum absolute atomic E-state index is 12.6. The molecule has 120 valence electrons. The number of carbonyl (C=O) groups is 1. The van der Waals surface area contributed by atoms with Crippen LogP contribution in [0, 0.1) is 6.92 Å². The Bertz CT molecular complexity index is 697. The molecule has 0 radical (unpaired) electrons. The molecule has 1 aliphatic heterocycles. The van der Waals surface area contributed by atoms with Gasteiger partial charge in [-0.2, -0.15) is 0 Å². The number of hydrogen-bond acceptors (Lipinski definition) is 3. The zero-order valence-corrected chi connectivity index (χ0v) is 14.4. The van der Waals surface area contributed by atoms with Crippen LogP contribution in [0.3, 0.4) is 0 Å². The quantitative estimate of drug-likeness (QED) is 0.793. The van der Waals surface area contributed by atoms with Crippen LogP contribution >= 0.6 is 11.8 Å². The molecule has 0 aliphatic carbocycles. The maximum atomic E-state index is 12.6. The third kappa shape index (κ3) is 3.70. The molecule has 0 fully saturated rings. The van der Waals surface area contributed by atoms with Gasteiger partial charge >= 0.3 is 0 Å². The van der Waals surface area contributed by atoms with Crippen molar-refractivity contribution in [2.45, 2.75) is 24.7 Å². The van der Waals surface area contributed by atoms with Gasteiger partial charge in [0.2, 0.25) is 5.91 Å². The Morgan fingerprint density at radius 2 is 2.00 bits per heavy atom. The molecule has 3 rings (SSSR count). The van der Waals surface area contributed by atoms with Crippen molar-refractivity contribution >= 4 is 23.4 Å². The van der Waals surface area contributed by atoms with Crippen molar-refractivity contribution in [2.75, 3.05) is 24.3 Å². The molecule has 0 N–H and O–H groups in total. The van der Waals surface area contributed by atoms with Crippen molar-refractivity contribution in [3.8, 4) is 5.75 Å². The average molecular weight is 327 g/mol. The van der Waals surface area contributed by atoms with E-state index in [4.69, 9.17) is 4.74 Å². The standard InChI is InChI=1S/C19H21NO2S/c1-14-5-10-18-15(12-14)4-3-11-20(18)19(21)13-23-17-8-6-16(22-2)7-9-17/h5-10,12H,3-4,11,13H2,1-2H3. The first-order chi connectivity index (χ1) is 11.2. The van der Waals surface area contributed by atoms with Crippen molar-refractivity contribution < 1.29 is 9.53 Å². The highest BCUT2D eigenvalue weighted by molar-refractivity contribution is 8.00. The van der Waals surface area contributed by atoms with Crippen LogP contribution in [0.25, 0.3) is 0 Å². The van der Waals surface area contributed by atoms with E-state index in [1.807, 2.05) is 29.2 Å². The molecule has 1 amide bonds. The number of carbonyl (C=O) groups excluding carboxylic acids is 1. The summed E-state index contributed by atoms with van der Waals surface area (Å²) in [5.41, 5.74) is 3.63. The van der Waals surface area contributed by atoms with Gasteiger partial charge in [-0.15, -0.1) is 11.8 Å². The number of thioether (sulfide) groups is 1. The van der Waals surface area contributed by atoms with Crippen molar-refractivity contribution in [1.29, 1.82) is 0 Å². The van der Waals surface area contributed by atoms with Crippen LogP contribution in [-0.4, -0.2) is 25.3 Å². The number of fused-ring (bicyclic) bond motifs is 1. The predicted octanol–water partition coefficient (Wildman–Crippen LogP) is 4.08. The summed E-state index contributed by atoms with van der Waals surface area (Å²) < 4.78 is 5.15. The largest absolute Gasteiger partial charge is 0.497 e. The van der Waals surface area contributed by atoms with Crippen LogP contribution in [-0.2, 0) is 11.2 Å². The summed E-state index contributed by atoms with van der Waals surface area (Å²) >= 11 is 1.57. The first kappa shape index (κ1) is 15.9. The van der Waals surface area contributed by atoms with Crippen LogP contribution in [0.15, 0.2) is 47.4 Å². The first-order valence-electron chi connectivity index (χ1n) is 7.84. The number of aryl methyl sites for hydroxylation is 2. The number of nitrogens with zero attached hydrogens (tertiary/aromatic N) is 1. The van der Waals surface area contributed by atoms with E-state index >= 15 is 0 Å². The Hall–Kier alpha value is -1.94. The lowest BCUT2D eigenvalue weighted by Gasteiger charge is -2.29. The monoisotopic (exact) mass is 327 g/mol. The summed E-state index contributed by atoms with van der Waals surface area (Å²) in [6, 6.07) is 14.2. The zero-order chi connectivity index (χ0) is 16.2. The smallest absolute Gasteiger partial charge is 0.237 e. The van der Waals surface area contributed by atoms with Gasteiger partial charge in [-0.25, -0.2) is 0 Å². The summed E-state index contributed by atoms with van der Waals surface area (Å²) in [5.74, 6) is 1.47. The molecule has 23 heavy (non-hydrogen) atoms. The minimum absolute atomic E-state index is 0.177. The minimum Gasteiger partial charge on any atom is -0.497 e. The van der Waals surface area contributed by atoms with Gasteiger partial charge < -0.3 is 9.64 Å². The van der Waals surface area contributed by atoms with Crippen LogP contribution < -0.4 is 9.64 Å². The molecule has 0 saturated heterocycles. The summed E-state index contributed by atoms with van der Waals surface area (Å²) in [5, 5.41) is 0. The number of rotatable bonds is 4. The van der Waals surface area contributed by atoms with E-state index in [-0.39, 0.29) is 5.91 Å². The van der Waals surface area contributed by atoms with E-state index in [2.05, 4.69) is 25.1 Å². The summed E-state index contributed by atoms with van der Waals surface area (Å²) in [7, 11) is 1.65. The van der Waals surface area contributed by atoms with Crippen molar-refractivity contribution in [3.05, 3.63) is 53.6 Å². The summed E-state index contributed by atoms with van der Waals surface area (Å²) in [6.45, 7) is 2.92. The summed E-state index contributed by atoms with van der Waals surface area (Å²) in [4.78, 5) is 15.6. The second-order valence-corrected chi connectivity index (χ2v) is 6.79. The molecule has 0 spiro atoms. The Morgan fingerprint density at radius 3 is 2.74 bits per heavy atom. The fourth-order valence-corrected chi connectivity index (χ4v) is 3.65. The average Bonchev–Trinajstić information content (AvgIpc) is 2.59. The van der Waals surface area contributed by atoms with Gasteiger partial charge in [0.05, 0.1) is 12.9 Å². The second-order valence-electron chi connectivity index (χ2n) is 5.75. The molecule has 0 bridgehead atoms. The van der Waals surface area contributed by atoms with E-state index < -0.39 is 0 Å². The fraction of sp³-hybridized carbons (Fsp3) is 0.316. The Morgan fingerprint density at radius 1 is 1.22 bits per heavy atom. The SMILES string of the molecule is COc1ccc(SCC(=O)N2CCCc3cc(C)ccc32)cc1. The highest BCUT2D eigenvalue weighted by Crippen LogP contribution is 2.29. The second kappa shape index (κ2) is 7.09. The van der Waals surface area contributed by atoms with Gasteiger partial charge in [0, 0.05) is 17.1 Å². The molecule has 1 heterocycles. The molecule has 0 unspecified atom stereocenters. The Labute approximate surface area is 141 Å². The first-order valence-corrected chi connectivity index (χ1v) is 8.82. The topological polar surface area (TPSA) is 29.5 Å². The van der Waals surface area contributed by atoms with E-state index in [0.717, 1.165) is 35.7 Å². The number of ether oxygens (including phenoxy) is 1. The van der Waals surface area contributed by atoms with Gasteiger partial charge in [-0.05, 0) is 55.7 Å². The minimum atomic E-state index is 0.177. The molecule has 1 aliphatic rings. The van der Waals surface area contributed by atoms with E-state index in [1.54, 1.807) is 18.9 Å². The third-order valence-corrected chi connectivity index (χ3v) is 5.07. The van der Waals surface area contributed by atoms with Gasteiger partial charge in [0.25, 0.3) is 0 Å². The molecule has 0 saturated carbocycles. The Balaban J connectivity index is 1.67. The van der Waals surface area contributed by atoms with E-state index in [1.165, 1.54) is 11.1 Å². The Kier molecular flexibility index (Phi) is 4.91. The number of methoxy groups -OCH3 is 1. The van der Waals surface area contributed by atoms with Crippen LogP contribution in [0.2, 0.25) is 0 Å². The highest BCUT2D eigenvalue weighted by atomic mass is 32.2. The fourth-order valence-electron chi connectivity index (χ4n) is 2.88. The molecule has 0 aromatic heterocycles. The van der Waals surface area contributed by atoms with E-state index in [9.17, 15) is 4.79 Å². The van der Waals surface area contributed by atoms with Gasteiger partial charge in [-0.3, -0.25) is 4.79 Å². The molecule has 2 aromatic rings. The molecule has 2 aromatic carbocycles. The third-order valence-electron chi connectivity index (χ3n) is 4.08. The molecular weight excluding hydrogens is 306 g/mol. The molecule has 0 atom stereocenters. The highest BCUT2D eigenvalue weighted by Gasteiger charge is 2.22. The number of hydrogen-bond donors (Lipinski definition) is 0. The normalized spacial score (nSPS) is 13.6. The van der Waals surface area contributed by atoms with Crippen LogP contribution in [0.5, 0.6) is 5.75 Å². The number of benzene rings is 2. The van der Waals surface area contributed by atoms with Crippen molar-refractivity contribution in [2.24, 2.45) is 0 Å². The lowest BCUT2D eigenvalue weighted by Crippen LogP contribution is -2.36. The van der Waals surface area contributed by atoms with Crippen LogP contribution in [0.1, 0.15) is 17.5 Å². The zero-order valence-electron chi connectivity index (χ0n) is 13.5. The van der Waals surface area contributed by atoms with Crippen LogP contribution in [0.4, 0.5) is 5.69 Å². The van der Waals surface area contributed by atoms with E-state index in [0.29, 0.717) is 5.75 Å². The molecule has 4 heteroatoms. The lowest BCUT2D eigenvalue weighted by atomic mass is 10.00. The number of anilines is 1. The maximum Gasteiger partial charge on any atom is 0.237 e. The van der Waals surface area contributed by atoms with Crippen molar-refractivity contribution in [1.82, 2.24) is 0 Å². The number of amides is 1. The van der Waals surface area contributed by atoms with Gasteiger partial charge in [0.15, 0.2) is 0 Å².